The van der Waals surface area contributed by atoms with Crippen molar-refractivity contribution in [1.29, 1.82) is 0 Å². The summed E-state index contributed by atoms with van der Waals surface area (Å²) in [7, 11) is 0. The number of amides is 1. The van der Waals surface area contributed by atoms with Gasteiger partial charge in [0, 0.05) is 11.1 Å². The van der Waals surface area contributed by atoms with Gasteiger partial charge in [0.1, 0.15) is 5.82 Å². The minimum atomic E-state index is -0.459. The number of nitrogens with two attached hydrogens (primary N) is 1. The number of aromatic nitrogens is 1. The third-order valence-electron chi connectivity index (χ3n) is 2.66. The van der Waals surface area contributed by atoms with Gasteiger partial charge < -0.3 is 11.1 Å². The molecule has 5 heteroatoms. The summed E-state index contributed by atoms with van der Waals surface area (Å²) in [5, 5.41) is 5.40. The van der Waals surface area contributed by atoms with Crippen LogP contribution in [0.5, 0.6) is 0 Å². The molecule has 0 aliphatic rings. The van der Waals surface area contributed by atoms with Gasteiger partial charge in [0.05, 0.1) is 11.6 Å². The lowest BCUT2D eigenvalue weighted by atomic mass is 10.2. The highest BCUT2D eigenvalue weighted by Gasteiger charge is 2.10. The normalized spacial score (nSPS) is 12.1. The summed E-state index contributed by atoms with van der Waals surface area (Å²) < 4.78 is 0. The lowest BCUT2D eigenvalue weighted by Crippen LogP contribution is -2.13. The van der Waals surface area contributed by atoms with Crippen LogP contribution in [-0.2, 0) is 0 Å². The van der Waals surface area contributed by atoms with E-state index in [-0.39, 0.29) is 6.04 Å². The molecule has 4 nitrogen and oxygen atoms in total. The van der Waals surface area contributed by atoms with Crippen molar-refractivity contribution in [1.82, 2.24) is 4.98 Å². The van der Waals surface area contributed by atoms with E-state index in [2.05, 4.69) is 28.7 Å². The second-order valence-electron chi connectivity index (χ2n) is 3.92. The molecule has 0 aliphatic heterocycles. The van der Waals surface area contributed by atoms with E-state index in [4.69, 9.17) is 5.73 Å². The monoisotopic (exact) mass is 261 g/mol. The molecule has 0 radical (unpaired) electrons. The minimum absolute atomic E-state index is 0.247. The van der Waals surface area contributed by atoms with Gasteiger partial charge in [0.15, 0.2) is 0 Å². The topological polar surface area (TPSA) is 68.0 Å². The Bertz CT molecular complexity index is 508. The first kappa shape index (κ1) is 12.6. The zero-order chi connectivity index (χ0) is 13.0. The molecule has 18 heavy (non-hydrogen) atoms. The summed E-state index contributed by atoms with van der Waals surface area (Å²) >= 11 is 1.72. The maximum absolute atomic E-state index is 10.9. The zero-order valence-corrected chi connectivity index (χ0v) is 10.9. The molecule has 0 saturated heterocycles. The number of rotatable bonds is 5. The van der Waals surface area contributed by atoms with Gasteiger partial charge in [-0.25, -0.2) is 4.98 Å². The molecule has 0 saturated carbocycles. The van der Waals surface area contributed by atoms with Crippen molar-refractivity contribution in [2.24, 2.45) is 5.73 Å². The Kier molecular flexibility index (Phi) is 3.94. The van der Waals surface area contributed by atoms with Crippen LogP contribution in [0.4, 0.5) is 5.82 Å². The van der Waals surface area contributed by atoms with E-state index in [9.17, 15) is 4.79 Å². The van der Waals surface area contributed by atoms with Crippen molar-refractivity contribution < 1.29 is 4.79 Å². The number of hydrogen-bond donors (Lipinski definition) is 2. The Morgan fingerprint density at radius 2 is 2.33 bits per heavy atom. The highest BCUT2D eigenvalue weighted by atomic mass is 32.1. The molecular formula is C13H15N3OS. The Balaban J connectivity index is 2.10. The van der Waals surface area contributed by atoms with Crippen molar-refractivity contribution in [3.63, 3.8) is 0 Å². The smallest absolute Gasteiger partial charge is 0.250 e. The second kappa shape index (κ2) is 5.64. The quantitative estimate of drug-likeness (QED) is 0.869. The summed E-state index contributed by atoms with van der Waals surface area (Å²) in [5.41, 5.74) is 5.59. The molecule has 2 rings (SSSR count). The summed E-state index contributed by atoms with van der Waals surface area (Å²) in [4.78, 5) is 16.4. The molecular weight excluding hydrogens is 246 g/mol. The fourth-order valence-electron chi connectivity index (χ4n) is 1.67. The fourth-order valence-corrected chi connectivity index (χ4v) is 2.53. The third-order valence-corrected chi connectivity index (χ3v) is 3.65. The molecule has 3 N–H and O–H groups in total. The van der Waals surface area contributed by atoms with E-state index in [1.807, 2.05) is 6.07 Å². The molecule has 0 aromatic carbocycles. The molecule has 0 fully saturated rings. The first-order valence-electron chi connectivity index (χ1n) is 5.76. The van der Waals surface area contributed by atoms with Crippen LogP contribution in [-0.4, -0.2) is 10.9 Å². The Morgan fingerprint density at radius 1 is 1.50 bits per heavy atom. The number of primary amides is 1. The van der Waals surface area contributed by atoms with Crippen LogP contribution in [0.2, 0.25) is 0 Å². The molecule has 1 amide bonds. The molecule has 1 unspecified atom stereocenters. The molecule has 0 aliphatic carbocycles. The minimum Gasteiger partial charge on any atom is -0.366 e. The summed E-state index contributed by atoms with van der Waals surface area (Å²) in [6.07, 6.45) is 2.46. The van der Waals surface area contributed by atoms with Gasteiger partial charge in [-0.15, -0.1) is 11.3 Å². The maximum Gasteiger partial charge on any atom is 0.250 e. The van der Waals surface area contributed by atoms with Gasteiger partial charge in [-0.3, -0.25) is 4.79 Å². The summed E-state index contributed by atoms with van der Waals surface area (Å²) in [6, 6.07) is 7.84. The van der Waals surface area contributed by atoms with Crippen molar-refractivity contribution in [2.75, 3.05) is 5.32 Å². The molecule has 0 spiro atoms. The van der Waals surface area contributed by atoms with Gasteiger partial charge in [-0.1, -0.05) is 13.0 Å². The van der Waals surface area contributed by atoms with Crippen LogP contribution in [0.1, 0.15) is 34.6 Å². The highest BCUT2D eigenvalue weighted by Crippen LogP contribution is 2.25. The highest BCUT2D eigenvalue weighted by molar-refractivity contribution is 7.10. The van der Waals surface area contributed by atoms with Crippen LogP contribution < -0.4 is 11.1 Å². The van der Waals surface area contributed by atoms with E-state index in [1.54, 1.807) is 23.5 Å². The number of thiophene rings is 1. The predicted octanol–water partition coefficient (Wildman–Crippen LogP) is 2.81. The van der Waals surface area contributed by atoms with Gasteiger partial charge >= 0.3 is 0 Å². The molecule has 94 valence electrons. The van der Waals surface area contributed by atoms with Gasteiger partial charge in [0.2, 0.25) is 5.91 Å². The second-order valence-corrected chi connectivity index (χ2v) is 4.90. The number of nitrogens with one attached hydrogen (secondary N) is 1. The largest absolute Gasteiger partial charge is 0.366 e. The maximum atomic E-state index is 10.9. The number of carbonyl (C=O) groups is 1. The van der Waals surface area contributed by atoms with Gasteiger partial charge in [-0.05, 0) is 30.0 Å². The number of nitrogens with zero attached hydrogens (tertiary/aromatic N) is 1. The number of pyridine rings is 1. The third kappa shape index (κ3) is 2.87. The van der Waals surface area contributed by atoms with Crippen molar-refractivity contribution >= 4 is 23.1 Å². The molecule has 1 atom stereocenters. The van der Waals surface area contributed by atoms with Crippen LogP contribution in [0.3, 0.4) is 0 Å². The SMILES string of the molecule is CCC(Nc1ccc(C(N)=O)cn1)c1cccs1. The number of anilines is 1. The van der Waals surface area contributed by atoms with E-state index in [1.165, 1.54) is 11.1 Å². The standard InChI is InChI=1S/C13H15N3OS/c1-2-10(11-4-3-7-18-11)16-12-6-5-9(8-15-12)13(14)17/h3-8,10H,2H2,1H3,(H2,14,17)(H,15,16). The molecule has 2 aromatic heterocycles. The molecule has 2 aromatic rings. The Labute approximate surface area is 110 Å². The van der Waals surface area contributed by atoms with E-state index >= 15 is 0 Å². The van der Waals surface area contributed by atoms with Gasteiger partial charge in [0.25, 0.3) is 0 Å². The number of carbonyl (C=O) groups excluding carboxylic acids is 1. The van der Waals surface area contributed by atoms with E-state index in [0.29, 0.717) is 5.56 Å². The van der Waals surface area contributed by atoms with Crippen molar-refractivity contribution in [3.8, 4) is 0 Å². The first-order chi connectivity index (χ1) is 8.70. The van der Waals surface area contributed by atoms with Crippen LogP contribution >= 0.6 is 11.3 Å². The van der Waals surface area contributed by atoms with Crippen molar-refractivity contribution in [2.45, 2.75) is 19.4 Å². The van der Waals surface area contributed by atoms with Gasteiger partial charge in [-0.2, -0.15) is 0 Å². The lowest BCUT2D eigenvalue weighted by Gasteiger charge is -2.16. The first-order valence-corrected chi connectivity index (χ1v) is 6.64. The van der Waals surface area contributed by atoms with Crippen molar-refractivity contribution in [3.05, 3.63) is 46.3 Å². The van der Waals surface area contributed by atoms with Crippen LogP contribution in [0, 0.1) is 0 Å². The molecule has 0 bridgehead atoms. The Morgan fingerprint density at radius 3 is 2.83 bits per heavy atom. The lowest BCUT2D eigenvalue weighted by molar-refractivity contribution is 0.1000. The predicted molar refractivity (Wildman–Crippen MR) is 73.7 cm³/mol. The average molecular weight is 261 g/mol. The fraction of sp³-hybridized carbons (Fsp3) is 0.231. The van der Waals surface area contributed by atoms with Crippen LogP contribution in [0.15, 0.2) is 35.8 Å². The number of hydrogen-bond acceptors (Lipinski definition) is 4. The summed E-state index contributed by atoms with van der Waals surface area (Å²) in [6.45, 7) is 2.12. The Hall–Kier alpha value is -1.88. The average Bonchev–Trinajstić information content (AvgIpc) is 2.90. The summed E-state index contributed by atoms with van der Waals surface area (Å²) in [5.74, 6) is 0.291. The van der Waals surface area contributed by atoms with E-state index < -0.39 is 5.91 Å². The van der Waals surface area contributed by atoms with Crippen LogP contribution in [0.25, 0.3) is 0 Å². The molecule has 2 heterocycles. The van der Waals surface area contributed by atoms with E-state index in [0.717, 1.165) is 12.2 Å². The zero-order valence-electron chi connectivity index (χ0n) is 10.1.